The smallest absolute Gasteiger partial charge is 0.276 e. The van der Waals surface area contributed by atoms with Crippen LogP contribution < -0.4 is 4.74 Å². The molecule has 2 aliphatic rings. The van der Waals surface area contributed by atoms with Gasteiger partial charge in [-0.3, -0.25) is 4.98 Å². The van der Waals surface area contributed by atoms with E-state index in [-0.39, 0.29) is 0 Å². The predicted octanol–water partition coefficient (Wildman–Crippen LogP) is 3.75. The summed E-state index contributed by atoms with van der Waals surface area (Å²) in [5, 5.41) is 4.00. The molecule has 2 heterocycles. The number of pyridine rings is 1. The van der Waals surface area contributed by atoms with Crippen molar-refractivity contribution in [3.63, 3.8) is 0 Å². The van der Waals surface area contributed by atoms with E-state index in [0.29, 0.717) is 17.5 Å². The van der Waals surface area contributed by atoms with Crippen molar-refractivity contribution in [3.8, 4) is 17.3 Å². The van der Waals surface area contributed by atoms with Gasteiger partial charge in [0, 0.05) is 24.2 Å². The van der Waals surface area contributed by atoms with E-state index in [1.54, 1.807) is 0 Å². The van der Waals surface area contributed by atoms with Gasteiger partial charge in [-0.05, 0) is 43.9 Å². The number of rotatable bonds is 7. The van der Waals surface area contributed by atoms with E-state index >= 15 is 0 Å². The number of ether oxygens (including phenoxy) is 1. The molecule has 0 bridgehead atoms. The monoisotopic (exact) mass is 299 g/mol. The van der Waals surface area contributed by atoms with Crippen LogP contribution in [0.15, 0.2) is 16.8 Å². The fourth-order valence-corrected chi connectivity index (χ4v) is 2.57. The van der Waals surface area contributed by atoms with E-state index in [4.69, 9.17) is 9.26 Å². The molecule has 0 N–H and O–H groups in total. The molecule has 0 radical (unpaired) electrons. The Hall–Kier alpha value is -1.91. The van der Waals surface area contributed by atoms with Crippen molar-refractivity contribution in [3.05, 3.63) is 23.7 Å². The maximum atomic E-state index is 6.05. The third kappa shape index (κ3) is 2.98. The average Bonchev–Trinajstić information content (AvgIpc) is 3.45. The Morgan fingerprint density at radius 2 is 2.14 bits per heavy atom. The summed E-state index contributed by atoms with van der Waals surface area (Å²) in [6, 6.07) is 1.97. The third-order valence-electron chi connectivity index (χ3n) is 4.24. The van der Waals surface area contributed by atoms with Gasteiger partial charge in [-0.25, -0.2) is 0 Å². The van der Waals surface area contributed by atoms with E-state index in [9.17, 15) is 0 Å². The second-order valence-electron chi connectivity index (χ2n) is 6.40. The van der Waals surface area contributed by atoms with Crippen molar-refractivity contribution in [2.24, 2.45) is 5.92 Å². The number of hydrogen-bond acceptors (Lipinski definition) is 5. The highest BCUT2D eigenvalue weighted by Crippen LogP contribution is 2.45. The molecule has 0 saturated heterocycles. The van der Waals surface area contributed by atoms with Crippen LogP contribution >= 0.6 is 0 Å². The summed E-state index contributed by atoms with van der Waals surface area (Å²) < 4.78 is 11.4. The van der Waals surface area contributed by atoms with Gasteiger partial charge in [-0.2, -0.15) is 4.98 Å². The molecule has 2 saturated carbocycles. The van der Waals surface area contributed by atoms with Crippen LogP contribution in [0.25, 0.3) is 11.6 Å². The number of aromatic nitrogens is 3. The molecule has 0 amide bonds. The van der Waals surface area contributed by atoms with Gasteiger partial charge < -0.3 is 9.26 Å². The van der Waals surface area contributed by atoms with Gasteiger partial charge in [0.05, 0.1) is 6.61 Å². The molecule has 0 aromatic carbocycles. The van der Waals surface area contributed by atoms with E-state index in [1.807, 2.05) is 12.3 Å². The molecule has 2 aromatic rings. The highest BCUT2D eigenvalue weighted by Gasteiger charge is 2.29. The lowest BCUT2D eigenvalue weighted by Gasteiger charge is -2.11. The van der Waals surface area contributed by atoms with Gasteiger partial charge in [0.2, 0.25) is 0 Å². The quantitative estimate of drug-likeness (QED) is 0.779. The van der Waals surface area contributed by atoms with Gasteiger partial charge in [-0.15, -0.1) is 0 Å². The third-order valence-corrected chi connectivity index (χ3v) is 4.24. The van der Waals surface area contributed by atoms with Crippen molar-refractivity contribution < 1.29 is 9.26 Å². The molecule has 22 heavy (non-hydrogen) atoms. The summed E-state index contributed by atoms with van der Waals surface area (Å²) >= 11 is 0. The van der Waals surface area contributed by atoms with E-state index in [0.717, 1.165) is 36.9 Å². The van der Waals surface area contributed by atoms with E-state index in [1.165, 1.54) is 31.2 Å². The van der Waals surface area contributed by atoms with Gasteiger partial charge in [0.15, 0.2) is 5.82 Å². The zero-order valence-electron chi connectivity index (χ0n) is 12.9. The summed E-state index contributed by atoms with van der Waals surface area (Å²) in [6.07, 6.45) is 8.82. The van der Waals surface area contributed by atoms with Crippen LogP contribution in [0.1, 0.15) is 56.3 Å². The molecule has 4 rings (SSSR count). The fraction of sp³-hybridized carbons (Fsp3) is 0.588. The summed E-state index contributed by atoms with van der Waals surface area (Å²) in [5.41, 5.74) is 1.95. The van der Waals surface area contributed by atoms with Crippen molar-refractivity contribution in [1.82, 2.24) is 15.1 Å². The summed E-state index contributed by atoms with van der Waals surface area (Å²) in [6.45, 7) is 2.91. The second kappa shape index (κ2) is 5.71. The predicted molar refractivity (Wildman–Crippen MR) is 81.7 cm³/mol. The van der Waals surface area contributed by atoms with E-state index in [2.05, 4.69) is 22.0 Å². The van der Waals surface area contributed by atoms with Crippen molar-refractivity contribution >= 4 is 0 Å². The van der Waals surface area contributed by atoms with Crippen LogP contribution in [0.5, 0.6) is 5.75 Å². The Morgan fingerprint density at radius 3 is 2.86 bits per heavy atom. The minimum atomic E-state index is 0.488. The highest BCUT2D eigenvalue weighted by molar-refractivity contribution is 5.53. The van der Waals surface area contributed by atoms with Crippen molar-refractivity contribution in [1.29, 1.82) is 0 Å². The lowest BCUT2D eigenvalue weighted by Crippen LogP contribution is -2.02. The molecule has 116 valence electrons. The maximum absolute atomic E-state index is 6.05. The first-order valence-electron chi connectivity index (χ1n) is 8.29. The molecule has 0 atom stereocenters. The first kappa shape index (κ1) is 13.7. The Labute approximate surface area is 130 Å². The maximum Gasteiger partial charge on any atom is 0.276 e. The van der Waals surface area contributed by atoms with Crippen molar-refractivity contribution in [2.45, 2.75) is 51.4 Å². The van der Waals surface area contributed by atoms with Gasteiger partial charge in [0.1, 0.15) is 11.4 Å². The van der Waals surface area contributed by atoms with Crippen LogP contribution in [-0.2, 0) is 6.42 Å². The molecular formula is C17H21N3O2. The molecular weight excluding hydrogens is 278 g/mol. The van der Waals surface area contributed by atoms with Crippen LogP contribution in [0, 0.1) is 5.92 Å². The molecule has 5 heteroatoms. The van der Waals surface area contributed by atoms with Crippen LogP contribution in [0.4, 0.5) is 0 Å². The molecule has 0 spiro atoms. The number of hydrogen-bond donors (Lipinski definition) is 0. The topological polar surface area (TPSA) is 61.0 Å². The minimum absolute atomic E-state index is 0.488. The van der Waals surface area contributed by atoms with Gasteiger partial charge >= 0.3 is 0 Å². The summed E-state index contributed by atoms with van der Waals surface area (Å²) in [4.78, 5) is 8.92. The van der Waals surface area contributed by atoms with Crippen LogP contribution in [-0.4, -0.2) is 21.7 Å². The van der Waals surface area contributed by atoms with Crippen LogP contribution in [0.3, 0.4) is 0 Å². The lowest BCUT2D eigenvalue weighted by molar-refractivity contribution is 0.296. The molecule has 2 aromatic heterocycles. The molecule has 0 aliphatic heterocycles. The number of aryl methyl sites for hydroxylation is 1. The Morgan fingerprint density at radius 1 is 1.27 bits per heavy atom. The van der Waals surface area contributed by atoms with Gasteiger partial charge in [0.25, 0.3) is 5.89 Å². The molecule has 2 aliphatic carbocycles. The molecule has 0 unspecified atom stereocenters. The molecule has 2 fully saturated rings. The Balaban J connectivity index is 1.59. The van der Waals surface area contributed by atoms with Gasteiger partial charge in [-0.1, -0.05) is 12.1 Å². The summed E-state index contributed by atoms with van der Waals surface area (Å²) in [7, 11) is 0. The number of nitrogens with zero attached hydrogens (tertiary/aromatic N) is 3. The fourth-order valence-electron chi connectivity index (χ4n) is 2.57. The normalized spacial score (nSPS) is 17.7. The average molecular weight is 299 g/mol. The zero-order valence-corrected chi connectivity index (χ0v) is 12.9. The highest BCUT2D eigenvalue weighted by atomic mass is 16.5. The summed E-state index contributed by atoms with van der Waals surface area (Å²) in [5.74, 6) is 3.54. The largest absolute Gasteiger partial charge is 0.493 e. The zero-order chi connectivity index (χ0) is 14.9. The standard InChI is InChI=1S/C17H21N3O2/c1-2-3-16-19-17(22-20-16)14-8-15(21-10-11-4-5-11)13(9-18-14)12-6-7-12/h8-9,11-12H,2-7,10H2,1H3. The van der Waals surface area contributed by atoms with Crippen molar-refractivity contribution in [2.75, 3.05) is 6.61 Å². The molecule has 5 nitrogen and oxygen atoms in total. The minimum Gasteiger partial charge on any atom is -0.493 e. The van der Waals surface area contributed by atoms with E-state index < -0.39 is 0 Å². The second-order valence-corrected chi connectivity index (χ2v) is 6.40. The Kier molecular flexibility index (Phi) is 3.56. The first-order valence-corrected chi connectivity index (χ1v) is 8.29. The lowest BCUT2D eigenvalue weighted by atomic mass is 10.1. The van der Waals surface area contributed by atoms with Crippen LogP contribution in [0.2, 0.25) is 0 Å². The SMILES string of the molecule is CCCc1noc(-c2cc(OCC3CC3)c(C3CC3)cn2)n1. The first-order chi connectivity index (χ1) is 10.8. The Bertz CT molecular complexity index is 660.